The van der Waals surface area contributed by atoms with Crippen LogP contribution in [-0.4, -0.2) is 24.5 Å². The van der Waals surface area contributed by atoms with Crippen LogP contribution >= 0.6 is 0 Å². The van der Waals surface area contributed by atoms with Crippen molar-refractivity contribution in [3.8, 4) is 5.75 Å². The van der Waals surface area contributed by atoms with Crippen LogP contribution in [0.25, 0.3) is 0 Å². The van der Waals surface area contributed by atoms with Crippen molar-refractivity contribution < 1.29 is 9.53 Å². The maximum Gasteiger partial charge on any atom is 0.228 e. The fraction of sp³-hybridized carbons (Fsp3) is 0.269. The van der Waals surface area contributed by atoms with Crippen LogP contribution in [0.15, 0.2) is 84.9 Å². The van der Waals surface area contributed by atoms with Crippen molar-refractivity contribution in [3.05, 3.63) is 102 Å². The van der Waals surface area contributed by atoms with Crippen LogP contribution in [0.3, 0.4) is 0 Å². The van der Waals surface area contributed by atoms with Crippen LogP contribution in [0.5, 0.6) is 5.75 Å². The summed E-state index contributed by atoms with van der Waals surface area (Å²) in [6.45, 7) is 2.41. The molecule has 3 aromatic rings. The summed E-state index contributed by atoms with van der Waals surface area (Å²) in [5.74, 6) is 0.848. The predicted molar refractivity (Wildman–Crippen MR) is 119 cm³/mol. The molecule has 0 radical (unpaired) electrons. The second-order valence-corrected chi connectivity index (χ2v) is 8.11. The van der Waals surface area contributed by atoms with E-state index in [0.29, 0.717) is 0 Å². The van der Waals surface area contributed by atoms with Crippen molar-refractivity contribution in [1.29, 1.82) is 0 Å². The van der Waals surface area contributed by atoms with E-state index >= 15 is 0 Å². The molecule has 4 heteroatoms. The van der Waals surface area contributed by atoms with Gasteiger partial charge < -0.3 is 10.5 Å². The Morgan fingerprint density at radius 2 is 1.60 bits per heavy atom. The third kappa shape index (κ3) is 4.24. The van der Waals surface area contributed by atoms with Crippen molar-refractivity contribution in [3.63, 3.8) is 0 Å². The molecule has 0 saturated heterocycles. The number of carbonyl (C=O) groups excluding carboxylic acids is 1. The Balaban J connectivity index is 1.56. The minimum atomic E-state index is -0.551. The van der Waals surface area contributed by atoms with Crippen LogP contribution in [-0.2, 0) is 23.3 Å². The summed E-state index contributed by atoms with van der Waals surface area (Å²) >= 11 is 0. The molecule has 0 heterocycles. The molecule has 0 aliphatic heterocycles. The normalized spacial score (nSPS) is 20.1. The zero-order valence-corrected chi connectivity index (χ0v) is 17.3. The lowest BCUT2D eigenvalue weighted by Gasteiger charge is -2.24. The van der Waals surface area contributed by atoms with Gasteiger partial charge in [0.1, 0.15) is 5.75 Å². The zero-order valence-electron chi connectivity index (χ0n) is 17.3. The standard InChI is InChI=1S/C26H28N2O2/c1-30-24-14-8-11-21(15-24)18-28(17-20-9-4-2-5-10-20)19-23-16-26(23,25(27)29)22-12-6-3-7-13-22/h2-15,23H,16-19H2,1H3,(H2,27,29)/t23-,26-/m0/s1. The summed E-state index contributed by atoms with van der Waals surface area (Å²) in [6, 6.07) is 28.6. The smallest absolute Gasteiger partial charge is 0.228 e. The van der Waals surface area contributed by atoms with E-state index in [1.807, 2.05) is 48.5 Å². The van der Waals surface area contributed by atoms with Crippen molar-refractivity contribution in [2.24, 2.45) is 11.7 Å². The van der Waals surface area contributed by atoms with Gasteiger partial charge in [-0.1, -0.05) is 72.8 Å². The molecule has 1 saturated carbocycles. The fourth-order valence-corrected chi connectivity index (χ4v) is 4.45. The minimum absolute atomic E-state index is 0.215. The Kier molecular flexibility index (Phi) is 5.86. The number of carbonyl (C=O) groups is 1. The van der Waals surface area contributed by atoms with Gasteiger partial charge in [-0.25, -0.2) is 0 Å². The molecule has 2 N–H and O–H groups in total. The van der Waals surface area contributed by atoms with Crippen LogP contribution in [0.4, 0.5) is 0 Å². The first kappa shape index (κ1) is 20.2. The third-order valence-corrected chi connectivity index (χ3v) is 6.10. The van der Waals surface area contributed by atoms with Gasteiger partial charge in [0.05, 0.1) is 12.5 Å². The highest BCUT2D eigenvalue weighted by atomic mass is 16.5. The van der Waals surface area contributed by atoms with Gasteiger partial charge in [0.15, 0.2) is 0 Å². The second kappa shape index (κ2) is 8.72. The molecule has 0 unspecified atom stereocenters. The Morgan fingerprint density at radius 1 is 0.967 bits per heavy atom. The summed E-state index contributed by atoms with van der Waals surface area (Å²) in [4.78, 5) is 14.9. The van der Waals surface area contributed by atoms with Crippen LogP contribution in [0.1, 0.15) is 23.1 Å². The van der Waals surface area contributed by atoms with E-state index < -0.39 is 5.41 Å². The first-order valence-electron chi connectivity index (χ1n) is 10.4. The molecule has 0 aromatic heterocycles. The van der Waals surface area contributed by atoms with E-state index in [9.17, 15) is 4.79 Å². The molecule has 1 aliphatic rings. The Bertz CT molecular complexity index is 990. The topological polar surface area (TPSA) is 55.6 Å². The lowest BCUT2D eigenvalue weighted by molar-refractivity contribution is -0.120. The molecule has 154 valence electrons. The van der Waals surface area contributed by atoms with E-state index in [1.165, 1.54) is 11.1 Å². The first-order valence-corrected chi connectivity index (χ1v) is 10.4. The zero-order chi connectivity index (χ0) is 21.0. The summed E-state index contributed by atoms with van der Waals surface area (Å²) in [5, 5.41) is 0. The van der Waals surface area contributed by atoms with Gasteiger partial charge >= 0.3 is 0 Å². The number of primary amides is 1. The summed E-state index contributed by atoms with van der Waals surface area (Å²) in [6.07, 6.45) is 0.801. The van der Waals surface area contributed by atoms with E-state index in [4.69, 9.17) is 10.5 Å². The van der Waals surface area contributed by atoms with Crippen LogP contribution in [0, 0.1) is 5.92 Å². The molecule has 30 heavy (non-hydrogen) atoms. The average Bonchev–Trinajstić information content (AvgIpc) is 3.50. The van der Waals surface area contributed by atoms with Gasteiger partial charge in [-0.2, -0.15) is 0 Å². The van der Waals surface area contributed by atoms with Crippen LogP contribution in [0.2, 0.25) is 0 Å². The number of hydrogen-bond donors (Lipinski definition) is 1. The molecule has 2 atom stereocenters. The van der Waals surface area contributed by atoms with Gasteiger partial charge in [-0.3, -0.25) is 9.69 Å². The van der Waals surface area contributed by atoms with Gasteiger partial charge in [-0.05, 0) is 41.2 Å². The highest BCUT2D eigenvalue weighted by Crippen LogP contribution is 2.54. The highest BCUT2D eigenvalue weighted by Gasteiger charge is 2.60. The summed E-state index contributed by atoms with van der Waals surface area (Å²) in [7, 11) is 1.69. The number of methoxy groups -OCH3 is 1. The third-order valence-electron chi connectivity index (χ3n) is 6.10. The van der Waals surface area contributed by atoms with E-state index in [0.717, 1.165) is 37.4 Å². The van der Waals surface area contributed by atoms with Crippen molar-refractivity contribution >= 4 is 5.91 Å². The molecule has 1 fully saturated rings. The molecular formula is C26H28N2O2. The largest absolute Gasteiger partial charge is 0.497 e. The average molecular weight is 401 g/mol. The molecule has 1 amide bonds. The molecule has 0 bridgehead atoms. The highest BCUT2D eigenvalue weighted by molar-refractivity contribution is 5.90. The molecular weight excluding hydrogens is 372 g/mol. The van der Waals surface area contributed by atoms with Crippen LogP contribution < -0.4 is 10.5 Å². The summed E-state index contributed by atoms with van der Waals surface area (Å²) in [5.41, 5.74) is 8.83. The summed E-state index contributed by atoms with van der Waals surface area (Å²) < 4.78 is 5.39. The van der Waals surface area contributed by atoms with E-state index in [1.54, 1.807) is 7.11 Å². The van der Waals surface area contributed by atoms with Gasteiger partial charge in [0.25, 0.3) is 0 Å². The SMILES string of the molecule is COc1cccc(CN(Cc2ccccc2)C[C@@H]2C[C@]2(C(N)=O)c2ccccc2)c1. The number of amides is 1. The van der Waals surface area contributed by atoms with Crippen molar-refractivity contribution in [2.45, 2.75) is 24.9 Å². The number of nitrogens with zero attached hydrogens (tertiary/aromatic N) is 1. The van der Waals surface area contributed by atoms with Gasteiger partial charge in [-0.15, -0.1) is 0 Å². The Hall–Kier alpha value is -3.11. The van der Waals surface area contributed by atoms with E-state index in [2.05, 4.69) is 41.3 Å². The number of hydrogen-bond acceptors (Lipinski definition) is 3. The maximum atomic E-state index is 12.5. The number of ether oxygens (including phenoxy) is 1. The number of nitrogens with two attached hydrogens (primary N) is 1. The maximum absolute atomic E-state index is 12.5. The lowest BCUT2D eigenvalue weighted by Crippen LogP contribution is -2.34. The van der Waals surface area contributed by atoms with Crippen molar-refractivity contribution in [2.75, 3.05) is 13.7 Å². The molecule has 0 spiro atoms. The fourth-order valence-electron chi connectivity index (χ4n) is 4.45. The number of rotatable bonds is 9. The minimum Gasteiger partial charge on any atom is -0.497 e. The second-order valence-electron chi connectivity index (χ2n) is 8.11. The monoisotopic (exact) mass is 400 g/mol. The predicted octanol–water partition coefficient (Wildman–Crippen LogP) is 4.14. The van der Waals surface area contributed by atoms with Gasteiger partial charge in [0.2, 0.25) is 5.91 Å². The molecule has 4 rings (SSSR count). The Morgan fingerprint density at radius 3 is 2.27 bits per heavy atom. The van der Waals surface area contributed by atoms with E-state index in [-0.39, 0.29) is 11.8 Å². The molecule has 3 aromatic carbocycles. The van der Waals surface area contributed by atoms with Gasteiger partial charge in [0, 0.05) is 19.6 Å². The van der Waals surface area contributed by atoms with Crippen molar-refractivity contribution in [1.82, 2.24) is 4.90 Å². The Labute approximate surface area is 178 Å². The first-order chi connectivity index (χ1) is 14.6. The number of benzene rings is 3. The molecule has 4 nitrogen and oxygen atoms in total. The molecule has 1 aliphatic carbocycles. The lowest BCUT2D eigenvalue weighted by atomic mass is 9.92. The quantitative estimate of drug-likeness (QED) is 0.587.